The Balaban J connectivity index is 2.99. The molecule has 1 rings (SSSR count). The summed E-state index contributed by atoms with van der Waals surface area (Å²) < 4.78 is 0. The molecule has 58 valence electrons. The van der Waals surface area contributed by atoms with Crippen LogP contribution >= 0.6 is 11.6 Å². The van der Waals surface area contributed by atoms with Gasteiger partial charge in [-0.2, -0.15) is 15.4 Å². The molecule has 0 aliphatic rings. The molecule has 0 atom stereocenters. The van der Waals surface area contributed by atoms with E-state index in [1.165, 1.54) is 0 Å². The molecule has 3 nitrogen and oxygen atoms in total. The van der Waals surface area contributed by atoms with Crippen LogP contribution in [0.5, 0.6) is 0 Å². The molecule has 0 aliphatic carbocycles. The zero-order valence-electron chi connectivity index (χ0n) is 6.03. The van der Waals surface area contributed by atoms with Crippen LogP contribution in [0, 0.1) is 22.9 Å². The van der Waals surface area contributed by atoms with Crippen molar-refractivity contribution in [2.75, 3.05) is 4.90 Å². The van der Waals surface area contributed by atoms with Crippen LogP contribution in [-0.2, 0) is 0 Å². The van der Waals surface area contributed by atoms with Gasteiger partial charge in [-0.05, 0) is 24.3 Å². The van der Waals surface area contributed by atoms with Crippen LogP contribution in [0.3, 0.4) is 0 Å². The quantitative estimate of drug-likeness (QED) is 0.488. The normalized spacial score (nSPS) is 8.25. The smallest absolute Gasteiger partial charge is 0.183 e. The van der Waals surface area contributed by atoms with Gasteiger partial charge in [-0.1, -0.05) is 11.6 Å². The van der Waals surface area contributed by atoms with Gasteiger partial charge in [-0.25, -0.2) is 0 Å². The van der Waals surface area contributed by atoms with Gasteiger partial charge in [0, 0.05) is 5.02 Å². The monoisotopic (exact) mass is 177 g/mol. The van der Waals surface area contributed by atoms with E-state index < -0.39 is 0 Å². The van der Waals surface area contributed by atoms with E-state index in [-0.39, 0.29) is 0 Å². The minimum Gasteiger partial charge on any atom is -0.183 e. The Morgan fingerprint density at radius 2 is 1.58 bits per heavy atom. The lowest BCUT2D eigenvalue weighted by Crippen LogP contribution is -2.06. The Labute approximate surface area is 75.0 Å². The molecule has 0 heterocycles. The topological polar surface area (TPSA) is 50.8 Å². The summed E-state index contributed by atoms with van der Waals surface area (Å²) in [6.07, 6.45) is 3.43. The molecule has 0 radical (unpaired) electrons. The lowest BCUT2D eigenvalue weighted by atomic mass is 10.3. The number of nitrogens with zero attached hydrogens (tertiary/aromatic N) is 3. The molecule has 0 saturated heterocycles. The Morgan fingerprint density at radius 3 is 2.00 bits per heavy atom. The second kappa shape index (κ2) is 3.61. The third kappa shape index (κ3) is 1.66. The molecule has 1 aromatic rings. The standard InChI is InChI=1S/C8H4ClN3/c9-7-1-3-8(4-2-7)12(5-10)6-11/h1-4H. The van der Waals surface area contributed by atoms with Crippen molar-refractivity contribution in [1.82, 2.24) is 0 Å². The second-order valence-electron chi connectivity index (χ2n) is 2.01. The van der Waals surface area contributed by atoms with E-state index in [1.807, 2.05) is 0 Å². The van der Waals surface area contributed by atoms with Crippen molar-refractivity contribution in [2.45, 2.75) is 0 Å². The van der Waals surface area contributed by atoms with E-state index in [1.54, 1.807) is 36.7 Å². The summed E-state index contributed by atoms with van der Waals surface area (Å²) in [5.41, 5.74) is 0.518. The summed E-state index contributed by atoms with van der Waals surface area (Å²) in [6.45, 7) is 0. The highest BCUT2D eigenvalue weighted by atomic mass is 35.5. The largest absolute Gasteiger partial charge is 0.198 e. The van der Waals surface area contributed by atoms with Crippen molar-refractivity contribution in [3.8, 4) is 12.4 Å². The van der Waals surface area contributed by atoms with Crippen molar-refractivity contribution >= 4 is 17.3 Å². The predicted octanol–water partition coefficient (Wildman–Crippen LogP) is 2.11. The van der Waals surface area contributed by atoms with Gasteiger partial charge in [0.1, 0.15) is 0 Å². The Kier molecular flexibility index (Phi) is 2.53. The van der Waals surface area contributed by atoms with Crippen LogP contribution in [0.4, 0.5) is 5.69 Å². The average molecular weight is 178 g/mol. The van der Waals surface area contributed by atoms with E-state index >= 15 is 0 Å². The summed E-state index contributed by atoms with van der Waals surface area (Å²) in [5.74, 6) is 0. The van der Waals surface area contributed by atoms with Crippen molar-refractivity contribution in [2.24, 2.45) is 0 Å². The van der Waals surface area contributed by atoms with Gasteiger partial charge in [-0.3, -0.25) is 0 Å². The fourth-order valence-electron chi connectivity index (χ4n) is 0.728. The number of rotatable bonds is 1. The van der Waals surface area contributed by atoms with Crippen molar-refractivity contribution in [1.29, 1.82) is 10.5 Å². The van der Waals surface area contributed by atoms with Crippen LogP contribution < -0.4 is 4.90 Å². The molecule has 0 unspecified atom stereocenters. The highest BCUT2D eigenvalue weighted by Crippen LogP contribution is 2.16. The molecule has 0 bridgehead atoms. The zero-order chi connectivity index (χ0) is 8.97. The van der Waals surface area contributed by atoms with Gasteiger partial charge < -0.3 is 0 Å². The molecule has 0 amide bonds. The number of halogens is 1. The van der Waals surface area contributed by atoms with Crippen molar-refractivity contribution in [3.05, 3.63) is 29.3 Å². The predicted molar refractivity (Wildman–Crippen MR) is 45.2 cm³/mol. The molecule has 0 fully saturated rings. The first-order valence-electron chi connectivity index (χ1n) is 3.13. The number of benzene rings is 1. The number of nitriles is 2. The van der Waals surface area contributed by atoms with E-state index in [9.17, 15) is 0 Å². The molecule has 12 heavy (non-hydrogen) atoms. The molecule has 0 N–H and O–H groups in total. The summed E-state index contributed by atoms with van der Waals surface area (Å²) in [6, 6.07) is 6.46. The van der Waals surface area contributed by atoms with Gasteiger partial charge >= 0.3 is 0 Å². The Morgan fingerprint density at radius 1 is 1.08 bits per heavy atom. The maximum atomic E-state index is 8.47. The first-order chi connectivity index (χ1) is 5.77. The van der Waals surface area contributed by atoms with Crippen molar-refractivity contribution < 1.29 is 0 Å². The van der Waals surface area contributed by atoms with E-state index in [0.29, 0.717) is 10.7 Å². The fourth-order valence-corrected chi connectivity index (χ4v) is 0.854. The minimum absolute atomic E-state index is 0.518. The Bertz CT molecular complexity index is 330. The van der Waals surface area contributed by atoms with Gasteiger partial charge in [0.25, 0.3) is 0 Å². The maximum absolute atomic E-state index is 8.47. The summed E-state index contributed by atoms with van der Waals surface area (Å²) in [4.78, 5) is 0.899. The maximum Gasteiger partial charge on any atom is 0.198 e. The molecular formula is C8H4ClN3. The van der Waals surface area contributed by atoms with Gasteiger partial charge in [0.2, 0.25) is 0 Å². The molecule has 0 spiro atoms. The SMILES string of the molecule is N#CN(C#N)c1ccc(Cl)cc1. The van der Waals surface area contributed by atoms with Crippen LogP contribution in [0.25, 0.3) is 0 Å². The summed E-state index contributed by atoms with van der Waals surface area (Å²) in [5, 5.41) is 17.5. The van der Waals surface area contributed by atoms with Gasteiger partial charge in [0.15, 0.2) is 12.4 Å². The molecular weight excluding hydrogens is 174 g/mol. The van der Waals surface area contributed by atoms with Crippen LogP contribution in [0.1, 0.15) is 0 Å². The number of anilines is 1. The fraction of sp³-hybridized carbons (Fsp3) is 0. The van der Waals surface area contributed by atoms with E-state index in [0.717, 1.165) is 4.90 Å². The molecule has 1 aromatic carbocycles. The second-order valence-corrected chi connectivity index (χ2v) is 2.45. The number of hydrogen-bond acceptors (Lipinski definition) is 3. The molecule has 4 heteroatoms. The van der Waals surface area contributed by atoms with Crippen molar-refractivity contribution in [3.63, 3.8) is 0 Å². The first-order valence-corrected chi connectivity index (χ1v) is 3.51. The third-order valence-corrected chi connectivity index (χ3v) is 1.54. The average Bonchev–Trinajstić information content (AvgIpc) is 2.10. The molecule has 0 aliphatic heterocycles. The summed E-state index contributed by atoms with van der Waals surface area (Å²) in [7, 11) is 0. The number of hydrogen-bond donors (Lipinski definition) is 0. The lowest BCUT2D eigenvalue weighted by Gasteiger charge is -2.03. The molecule has 0 aromatic heterocycles. The Hall–Kier alpha value is -1.71. The summed E-state index contributed by atoms with van der Waals surface area (Å²) >= 11 is 5.62. The first kappa shape index (κ1) is 8.39. The van der Waals surface area contributed by atoms with E-state index in [2.05, 4.69) is 0 Å². The minimum atomic E-state index is 0.518. The zero-order valence-corrected chi connectivity index (χ0v) is 6.78. The van der Waals surface area contributed by atoms with Gasteiger partial charge in [0.05, 0.1) is 5.69 Å². The third-order valence-electron chi connectivity index (χ3n) is 1.28. The molecule has 0 saturated carbocycles. The van der Waals surface area contributed by atoms with E-state index in [4.69, 9.17) is 22.1 Å². The lowest BCUT2D eigenvalue weighted by molar-refractivity contribution is 1.26. The highest BCUT2D eigenvalue weighted by molar-refractivity contribution is 6.30. The van der Waals surface area contributed by atoms with Crippen LogP contribution in [0.15, 0.2) is 24.3 Å². The van der Waals surface area contributed by atoms with Crippen LogP contribution in [-0.4, -0.2) is 0 Å². The van der Waals surface area contributed by atoms with Gasteiger partial charge in [-0.15, -0.1) is 0 Å². The van der Waals surface area contributed by atoms with Crippen LogP contribution in [0.2, 0.25) is 5.02 Å². The highest BCUT2D eigenvalue weighted by Gasteiger charge is 2.01.